The van der Waals surface area contributed by atoms with Crippen molar-refractivity contribution in [1.82, 2.24) is 0 Å². The molecule has 0 atom stereocenters. The zero-order valence-corrected chi connectivity index (χ0v) is 12.2. The topological polar surface area (TPSA) is 38.4 Å². The van der Waals surface area contributed by atoms with Crippen LogP contribution in [-0.2, 0) is 6.42 Å². The first-order chi connectivity index (χ1) is 9.15. The maximum Gasteiger partial charge on any atom is 0.229 e. The molecule has 1 aromatic carbocycles. The van der Waals surface area contributed by atoms with Gasteiger partial charge in [0, 0.05) is 12.5 Å². The van der Waals surface area contributed by atoms with Gasteiger partial charge < -0.3 is 5.73 Å². The molecular weight excluding hydrogens is 234 g/mol. The maximum absolute atomic E-state index is 6.10. The predicted molar refractivity (Wildman–Crippen MR) is 81.6 cm³/mol. The molecule has 19 heavy (non-hydrogen) atoms. The van der Waals surface area contributed by atoms with Crippen LogP contribution >= 0.6 is 0 Å². The van der Waals surface area contributed by atoms with E-state index in [1.807, 2.05) is 0 Å². The van der Waals surface area contributed by atoms with Gasteiger partial charge in [-0.15, -0.1) is 0 Å². The van der Waals surface area contributed by atoms with Crippen molar-refractivity contribution in [3.8, 4) is 0 Å². The zero-order valence-electron chi connectivity index (χ0n) is 12.2. The summed E-state index contributed by atoms with van der Waals surface area (Å²) in [6.45, 7) is 9.77. The predicted octanol–water partition coefficient (Wildman–Crippen LogP) is 2.77. The minimum absolute atomic E-state index is 0.717. The summed E-state index contributed by atoms with van der Waals surface area (Å²) < 4.78 is 0.884. The Morgan fingerprint density at radius 2 is 1.74 bits per heavy atom. The molecule has 0 fully saturated rings. The minimum Gasteiger partial charge on any atom is -0.387 e. The Kier molecular flexibility index (Phi) is 4.05. The Morgan fingerprint density at radius 3 is 2.37 bits per heavy atom. The fourth-order valence-corrected chi connectivity index (χ4v) is 2.79. The van der Waals surface area contributed by atoms with E-state index in [4.69, 9.17) is 10.7 Å². The number of hydrogen-bond acceptors (Lipinski definition) is 2. The molecule has 0 aromatic heterocycles. The Labute approximate surface area is 116 Å². The van der Waals surface area contributed by atoms with Crippen LogP contribution < -0.4 is 5.73 Å². The summed E-state index contributed by atoms with van der Waals surface area (Å²) in [6.07, 6.45) is 2.96. The Balaban J connectivity index is 2.55. The van der Waals surface area contributed by atoms with E-state index in [0.717, 1.165) is 36.4 Å². The number of nitrogens with zero attached hydrogens (tertiary/aromatic N) is 2. The molecule has 0 saturated heterocycles. The Morgan fingerprint density at radius 1 is 1.11 bits per heavy atom. The van der Waals surface area contributed by atoms with E-state index in [1.165, 1.54) is 11.1 Å². The summed E-state index contributed by atoms with van der Waals surface area (Å²) in [5, 5.41) is 0. The summed E-state index contributed by atoms with van der Waals surface area (Å²) in [5.74, 6) is 1.81. The van der Waals surface area contributed by atoms with E-state index >= 15 is 0 Å². The number of quaternary nitrogens is 1. The van der Waals surface area contributed by atoms with Gasteiger partial charge in [0.15, 0.2) is 0 Å². The SMILES string of the molecule is CC[N+](CC)(CC)C1=Cc2ccccc2CC(N)=N1. The summed E-state index contributed by atoms with van der Waals surface area (Å²) in [5.41, 5.74) is 8.61. The van der Waals surface area contributed by atoms with Crippen LogP contribution in [0.3, 0.4) is 0 Å². The largest absolute Gasteiger partial charge is 0.387 e. The van der Waals surface area contributed by atoms with Crippen LogP contribution in [0.25, 0.3) is 6.08 Å². The smallest absolute Gasteiger partial charge is 0.229 e. The molecule has 0 aliphatic carbocycles. The average Bonchev–Trinajstić information content (AvgIpc) is 2.59. The standard InChI is InChI=1S/C16H24N3/c1-4-19(5-2,6-3)16-12-14-10-8-7-9-13(14)11-15(17)18-16/h7-10,12H,4-6,11H2,1-3H3,(H2,17,18)/q+1. The van der Waals surface area contributed by atoms with E-state index in [2.05, 4.69) is 51.1 Å². The van der Waals surface area contributed by atoms with Crippen molar-refractivity contribution < 1.29 is 4.48 Å². The summed E-state index contributed by atoms with van der Waals surface area (Å²) >= 11 is 0. The van der Waals surface area contributed by atoms with Gasteiger partial charge in [0.05, 0.1) is 19.6 Å². The molecule has 1 aliphatic rings. The van der Waals surface area contributed by atoms with Gasteiger partial charge in [0.25, 0.3) is 0 Å². The van der Waals surface area contributed by atoms with Gasteiger partial charge in [-0.05, 0) is 31.9 Å². The van der Waals surface area contributed by atoms with E-state index in [-0.39, 0.29) is 0 Å². The monoisotopic (exact) mass is 258 g/mol. The molecule has 0 bridgehead atoms. The van der Waals surface area contributed by atoms with Crippen molar-refractivity contribution in [2.75, 3.05) is 19.6 Å². The normalized spacial score (nSPS) is 15.3. The fraction of sp³-hybridized carbons (Fsp3) is 0.438. The third-order valence-electron chi connectivity index (χ3n) is 4.27. The molecule has 1 aliphatic heterocycles. The second-order valence-electron chi connectivity index (χ2n) is 5.08. The number of fused-ring (bicyclic) bond motifs is 1. The molecule has 3 nitrogen and oxygen atoms in total. The first kappa shape index (κ1) is 13.8. The number of hydrogen-bond donors (Lipinski definition) is 1. The van der Waals surface area contributed by atoms with E-state index in [9.17, 15) is 0 Å². The number of aliphatic imine (C=N–C) groups is 1. The third-order valence-corrected chi connectivity index (χ3v) is 4.27. The van der Waals surface area contributed by atoms with Crippen LogP contribution in [0.1, 0.15) is 31.9 Å². The first-order valence-corrected chi connectivity index (χ1v) is 7.14. The van der Waals surface area contributed by atoms with Crippen molar-refractivity contribution in [3.05, 3.63) is 41.2 Å². The molecule has 1 aromatic rings. The highest BCUT2D eigenvalue weighted by molar-refractivity contribution is 5.86. The highest BCUT2D eigenvalue weighted by Crippen LogP contribution is 2.25. The fourth-order valence-electron chi connectivity index (χ4n) is 2.79. The van der Waals surface area contributed by atoms with Gasteiger partial charge >= 0.3 is 0 Å². The molecule has 102 valence electrons. The van der Waals surface area contributed by atoms with Crippen molar-refractivity contribution >= 4 is 11.9 Å². The lowest BCUT2D eigenvalue weighted by molar-refractivity contribution is -0.886. The molecule has 3 heteroatoms. The third kappa shape index (κ3) is 2.56. The van der Waals surface area contributed by atoms with Crippen LogP contribution in [0.4, 0.5) is 0 Å². The summed E-state index contributed by atoms with van der Waals surface area (Å²) in [7, 11) is 0. The van der Waals surface area contributed by atoms with Crippen molar-refractivity contribution in [2.45, 2.75) is 27.2 Å². The maximum atomic E-state index is 6.10. The number of nitrogens with two attached hydrogens (primary N) is 1. The molecule has 2 N–H and O–H groups in total. The zero-order chi connectivity index (χ0) is 13.9. The first-order valence-electron chi connectivity index (χ1n) is 7.14. The lowest BCUT2D eigenvalue weighted by atomic mass is 10.0. The van der Waals surface area contributed by atoms with E-state index in [1.54, 1.807) is 0 Å². The van der Waals surface area contributed by atoms with Crippen LogP contribution in [0, 0.1) is 0 Å². The number of amidine groups is 1. The molecule has 0 amide bonds. The quantitative estimate of drug-likeness (QED) is 0.829. The number of benzene rings is 1. The van der Waals surface area contributed by atoms with Crippen LogP contribution in [-0.4, -0.2) is 30.0 Å². The second kappa shape index (κ2) is 5.57. The molecule has 2 rings (SSSR count). The summed E-state index contributed by atoms with van der Waals surface area (Å²) in [6, 6.07) is 8.42. The average molecular weight is 258 g/mol. The van der Waals surface area contributed by atoms with Crippen LogP contribution in [0.2, 0.25) is 0 Å². The molecule has 0 spiro atoms. The second-order valence-corrected chi connectivity index (χ2v) is 5.08. The lowest BCUT2D eigenvalue weighted by Crippen LogP contribution is -2.46. The van der Waals surface area contributed by atoms with Crippen LogP contribution in [0.5, 0.6) is 0 Å². The van der Waals surface area contributed by atoms with Gasteiger partial charge in [-0.2, -0.15) is 4.99 Å². The molecule has 1 heterocycles. The highest BCUT2D eigenvalue weighted by Gasteiger charge is 2.28. The molecular formula is C16H24N3+. The van der Waals surface area contributed by atoms with Gasteiger partial charge in [-0.3, -0.25) is 4.48 Å². The van der Waals surface area contributed by atoms with Gasteiger partial charge in [-0.1, -0.05) is 24.3 Å². The van der Waals surface area contributed by atoms with Crippen LogP contribution in [0.15, 0.2) is 35.1 Å². The van der Waals surface area contributed by atoms with Gasteiger partial charge in [0.2, 0.25) is 5.82 Å². The molecule has 0 radical (unpaired) electrons. The Bertz CT molecular complexity index is 502. The van der Waals surface area contributed by atoms with E-state index in [0.29, 0.717) is 5.84 Å². The van der Waals surface area contributed by atoms with Crippen molar-refractivity contribution in [1.29, 1.82) is 0 Å². The van der Waals surface area contributed by atoms with Crippen molar-refractivity contribution in [3.63, 3.8) is 0 Å². The highest BCUT2D eigenvalue weighted by atomic mass is 15.4. The molecule has 0 saturated carbocycles. The minimum atomic E-state index is 0.717. The van der Waals surface area contributed by atoms with Gasteiger partial charge in [-0.25, -0.2) is 0 Å². The lowest BCUT2D eigenvalue weighted by Gasteiger charge is -2.34. The summed E-state index contributed by atoms with van der Waals surface area (Å²) in [4.78, 5) is 4.70. The van der Waals surface area contributed by atoms with Crippen molar-refractivity contribution in [2.24, 2.45) is 10.7 Å². The number of rotatable bonds is 4. The molecule has 0 unspecified atom stereocenters. The Hall–Kier alpha value is -1.61. The van der Waals surface area contributed by atoms with E-state index < -0.39 is 0 Å². The van der Waals surface area contributed by atoms with Gasteiger partial charge in [0.1, 0.15) is 5.84 Å².